The fraction of sp³-hybridized carbons (Fsp3) is 0. The molecule has 114 valence electrons. The van der Waals surface area contributed by atoms with Gasteiger partial charge in [0.15, 0.2) is 5.11 Å². The van der Waals surface area contributed by atoms with Gasteiger partial charge in [-0.2, -0.15) is 0 Å². The van der Waals surface area contributed by atoms with E-state index in [1.54, 1.807) is 30.3 Å². The van der Waals surface area contributed by atoms with Gasteiger partial charge in [-0.25, -0.2) is 0 Å². The highest BCUT2D eigenvalue weighted by Gasteiger charge is 2.02. The van der Waals surface area contributed by atoms with Crippen LogP contribution in [0.1, 0.15) is 10.4 Å². The van der Waals surface area contributed by atoms with Gasteiger partial charge in [0.05, 0.1) is 21.7 Å². The summed E-state index contributed by atoms with van der Waals surface area (Å²) < 4.78 is 0. The Hall–Kier alpha value is -2.02. The van der Waals surface area contributed by atoms with Gasteiger partial charge in [0.1, 0.15) is 0 Å². The first-order chi connectivity index (χ1) is 10.5. The fourth-order valence-corrected chi connectivity index (χ4v) is 2.02. The van der Waals surface area contributed by atoms with Gasteiger partial charge >= 0.3 is 0 Å². The number of benzene rings is 2. The SMILES string of the molecule is O=C([O-])c1ccc(NNC(=S)Nc2ccc(Cl)c(Cl)c2)cc1. The molecule has 0 aliphatic rings. The van der Waals surface area contributed by atoms with E-state index in [-0.39, 0.29) is 5.56 Å². The van der Waals surface area contributed by atoms with Gasteiger partial charge < -0.3 is 15.2 Å². The van der Waals surface area contributed by atoms with Gasteiger partial charge in [-0.05, 0) is 48.1 Å². The normalized spacial score (nSPS) is 9.91. The summed E-state index contributed by atoms with van der Waals surface area (Å²) >= 11 is 16.8. The van der Waals surface area contributed by atoms with Crippen molar-refractivity contribution in [1.82, 2.24) is 5.43 Å². The third kappa shape index (κ3) is 4.49. The van der Waals surface area contributed by atoms with E-state index in [4.69, 9.17) is 35.4 Å². The lowest BCUT2D eigenvalue weighted by Gasteiger charge is -2.13. The minimum Gasteiger partial charge on any atom is -0.545 e. The Kier molecular flexibility index (Phi) is 5.43. The van der Waals surface area contributed by atoms with E-state index in [2.05, 4.69) is 16.2 Å². The molecule has 8 heteroatoms. The van der Waals surface area contributed by atoms with Crippen LogP contribution in [0.3, 0.4) is 0 Å². The van der Waals surface area contributed by atoms with Crippen LogP contribution < -0.4 is 21.3 Å². The minimum absolute atomic E-state index is 0.0991. The van der Waals surface area contributed by atoms with E-state index in [1.807, 2.05) is 0 Å². The smallest absolute Gasteiger partial charge is 0.189 e. The number of halogens is 2. The molecule has 0 aromatic heterocycles. The number of carboxylic acids is 1. The summed E-state index contributed by atoms with van der Waals surface area (Å²) in [6.07, 6.45) is 0. The van der Waals surface area contributed by atoms with Crippen molar-refractivity contribution in [2.45, 2.75) is 0 Å². The van der Waals surface area contributed by atoms with Gasteiger partial charge in [-0.3, -0.25) is 10.9 Å². The molecule has 0 fully saturated rings. The number of carbonyl (C=O) groups excluding carboxylic acids is 1. The third-order valence-corrected chi connectivity index (χ3v) is 3.56. The van der Waals surface area contributed by atoms with E-state index in [0.717, 1.165) is 0 Å². The zero-order valence-electron chi connectivity index (χ0n) is 11.0. The molecule has 0 unspecified atom stereocenters. The van der Waals surface area contributed by atoms with Crippen molar-refractivity contribution in [3.8, 4) is 0 Å². The molecule has 0 aliphatic carbocycles. The summed E-state index contributed by atoms with van der Waals surface area (Å²) in [7, 11) is 0. The zero-order valence-corrected chi connectivity index (χ0v) is 13.4. The Bertz CT molecular complexity index is 708. The maximum absolute atomic E-state index is 10.6. The van der Waals surface area contributed by atoms with Crippen LogP contribution >= 0.6 is 35.4 Å². The Labute approximate surface area is 142 Å². The number of carboxylic acid groups (broad SMARTS) is 1. The molecular formula is C14H10Cl2N3O2S-. The second-order valence-corrected chi connectivity index (χ2v) is 5.42. The molecule has 22 heavy (non-hydrogen) atoms. The Morgan fingerprint density at radius 3 is 2.23 bits per heavy atom. The number of hydrogen-bond acceptors (Lipinski definition) is 4. The number of carbonyl (C=O) groups is 1. The van der Waals surface area contributed by atoms with Crippen molar-refractivity contribution in [3.63, 3.8) is 0 Å². The standard InChI is InChI=1S/C14H11Cl2N3O2S/c15-11-6-5-10(7-12(11)16)17-14(22)19-18-9-3-1-8(2-4-9)13(20)21/h1-7,18H,(H,20,21)(H2,17,19,22)/p-1. The van der Waals surface area contributed by atoms with Crippen LogP contribution in [0.2, 0.25) is 10.0 Å². The summed E-state index contributed by atoms with van der Waals surface area (Å²) in [5.74, 6) is -1.23. The van der Waals surface area contributed by atoms with Crippen molar-refractivity contribution >= 4 is 57.9 Å². The average Bonchev–Trinajstić information content (AvgIpc) is 2.49. The molecule has 2 rings (SSSR count). The van der Waals surface area contributed by atoms with Crippen LogP contribution in [0.5, 0.6) is 0 Å². The molecule has 3 N–H and O–H groups in total. The maximum Gasteiger partial charge on any atom is 0.189 e. The molecule has 0 amide bonds. The van der Waals surface area contributed by atoms with Gasteiger partial charge in [0.25, 0.3) is 0 Å². The Morgan fingerprint density at radius 2 is 1.64 bits per heavy atom. The predicted molar refractivity (Wildman–Crippen MR) is 90.2 cm³/mol. The molecule has 2 aromatic rings. The number of anilines is 2. The molecule has 2 aromatic carbocycles. The summed E-state index contributed by atoms with van der Waals surface area (Å²) in [4.78, 5) is 10.6. The lowest BCUT2D eigenvalue weighted by Crippen LogP contribution is -2.33. The van der Waals surface area contributed by atoms with Gasteiger partial charge in [0, 0.05) is 5.69 Å². The van der Waals surface area contributed by atoms with Crippen molar-refractivity contribution in [1.29, 1.82) is 0 Å². The minimum atomic E-state index is -1.23. The summed E-state index contributed by atoms with van der Waals surface area (Å²) in [5, 5.41) is 14.7. The van der Waals surface area contributed by atoms with E-state index in [1.165, 1.54) is 12.1 Å². The van der Waals surface area contributed by atoms with Crippen LogP contribution in [0, 0.1) is 0 Å². The number of aromatic carboxylic acids is 1. The first-order valence-corrected chi connectivity index (χ1v) is 7.21. The third-order valence-electron chi connectivity index (χ3n) is 2.62. The number of hydrazine groups is 1. The van der Waals surface area contributed by atoms with Crippen molar-refractivity contribution < 1.29 is 9.90 Å². The van der Waals surface area contributed by atoms with Crippen molar-refractivity contribution in [2.24, 2.45) is 0 Å². The van der Waals surface area contributed by atoms with Crippen molar-refractivity contribution in [3.05, 3.63) is 58.1 Å². The van der Waals surface area contributed by atoms with Crippen LogP contribution in [0.4, 0.5) is 11.4 Å². The van der Waals surface area contributed by atoms with E-state index in [0.29, 0.717) is 26.5 Å². The summed E-state index contributed by atoms with van der Waals surface area (Å²) in [5.41, 5.74) is 7.01. The molecule has 0 bridgehead atoms. The molecule has 0 radical (unpaired) electrons. The highest BCUT2D eigenvalue weighted by atomic mass is 35.5. The average molecular weight is 355 g/mol. The lowest BCUT2D eigenvalue weighted by atomic mass is 10.2. The quantitative estimate of drug-likeness (QED) is 0.578. The number of nitrogens with one attached hydrogen (secondary N) is 3. The number of rotatable bonds is 4. The fourth-order valence-electron chi connectivity index (χ4n) is 1.55. The van der Waals surface area contributed by atoms with Crippen molar-refractivity contribution in [2.75, 3.05) is 10.7 Å². The zero-order chi connectivity index (χ0) is 16.1. The lowest BCUT2D eigenvalue weighted by molar-refractivity contribution is -0.255. The molecule has 0 atom stereocenters. The molecule has 0 saturated carbocycles. The number of hydrogen-bond donors (Lipinski definition) is 3. The van der Waals surface area contributed by atoms with Gasteiger partial charge in [-0.1, -0.05) is 35.3 Å². The maximum atomic E-state index is 10.6. The van der Waals surface area contributed by atoms with Crippen LogP contribution in [0.25, 0.3) is 0 Å². The van der Waals surface area contributed by atoms with Crippen LogP contribution in [-0.2, 0) is 0 Å². The Balaban J connectivity index is 1.89. The van der Waals surface area contributed by atoms with E-state index in [9.17, 15) is 9.90 Å². The molecule has 5 nitrogen and oxygen atoms in total. The summed E-state index contributed by atoms with van der Waals surface area (Å²) in [6.45, 7) is 0. The van der Waals surface area contributed by atoms with E-state index < -0.39 is 5.97 Å². The number of thiocarbonyl (C=S) groups is 1. The monoisotopic (exact) mass is 354 g/mol. The highest BCUT2D eigenvalue weighted by Crippen LogP contribution is 2.24. The molecule has 0 heterocycles. The molecular weight excluding hydrogens is 345 g/mol. The Morgan fingerprint density at radius 1 is 1.00 bits per heavy atom. The van der Waals surface area contributed by atoms with Crippen LogP contribution in [0.15, 0.2) is 42.5 Å². The van der Waals surface area contributed by atoms with Crippen LogP contribution in [-0.4, -0.2) is 11.1 Å². The second kappa shape index (κ2) is 7.31. The van der Waals surface area contributed by atoms with Gasteiger partial charge in [-0.15, -0.1) is 0 Å². The first-order valence-electron chi connectivity index (χ1n) is 6.05. The second-order valence-electron chi connectivity index (χ2n) is 4.20. The first kappa shape index (κ1) is 16.4. The predicted octanol–water partition coefficient (Wildman–Crippen LogP) is 2.67. The van der Waals surface area contributed by atoms with Gasteiger partial charge in [0.2, 0.25) is 0 Å². The topological polar surface area (TPSA) is 76.2 Å². The summed E-state index contributed by atoms with van der Waals surface area (Å²) in [6, 6.07) is 11.0. The molecule has 0 saturated heterocycles. The van der Waals surface area contributed by atoms with E-state index >= 15 is 0 Å². The molecule has 0 spiro atoms. The highest BCUT2D eigenvalue weighted by molar-refractivity contribution is 7.80. The molecule has 0 aliphatic heterocycles. The largest absolute Gasteiger partial charge is 0.545 e.